The van der Waals surface area contributed by atoms with Crippen molar-refractivity contribution in [2.24, 2.45) is 0 Å². The summed E-state index contributed by atoms with van der Waals surface area (Å²) in [5.41, 5.74) is 2.75. The molecule has 5 nitrogen and oxygen atoms in total. The van der Waals surface area contributed by atoms with Crippen LogP contribution < -0.4 is 0 Å². The zero-order chi connectivity index (χ0) is 17.8. The van der Waals surface area contributed by atoms with Gasteiger partial charge < -0.3 is 9.84 Å². The van der Waals surface area contributed by atoms with Gasteiger partial charge >= 0.3 is 5.97 Å². The smallest absolute Gasteiger partial charge is 0.338 e. The predicted molar refractivity (Wildman–Crippen MR) is 94.7 cm³/mol. The first-order chi connectivity index (χ1) is 12.0. The van der Waals surface area contributed by atoms with E-state index < -0.39 is 5.97 Å². The van der Waals surface area contributed by atoms with E-state index >= 15 is 0 Å². The number of phenols is 1. The Morgan fingerprint density at radius 3 is 2.68 bits per heavy atom. The summed E-state index contributed by atoms with van der Waals surface area (Å²) in [4.78, 5) is 12.1. The highest BCUT2D eigenvalue weighted by Gasteiger charge is 2.16. The van der Waals surface area contributed by atoms with Crippen molar-refractivity contribution in [3.8, 4) is 5.75 Å². The number of ether oxygens (including phenoxy) is 1. The monoisotopic (exact) mass is 356 g/mol. The third-order valence-electron chi connectivity index (χ3n) is 3.79. The van der Waals surface area contributed by atoms with Crippen LogP contribution >= 0.6 is 11.6 Å². The maximum atomic E-state index is 12.1. The Hall–Kier alpha value is -2.79. The topological polar surface area (TPSA) is 64.4 Å². The van der Waals surface area contributed by atoms with E-state index in [-0.39, 0.29) is 17.9 Å². The van der Waals surface area contributed by atoms with Gasteiger partial charge in [-0.2, -0.15) is 5.10 Å². The number of benzene rings is 2. The minimum Gasteiger partial charge on any atom is -0.508 e. The quantitative estimate of drug-likeness (QED) is 0.703. The van der Waals surface area contributed by atoms with Gasteiger partial charge in [0.05, 0.1) is 17.8 Å². The Kier molecular flexibility index (Phi) is 5.05. The molecular weight excluding hydrogens is 340 g/mol. The molecule has 0 aliphatic heterocycles. The Labute approximate surface area is 150 Å². The molecule has 3 rings (SSSR count). The van der Waals surface area contributed by atoms with Crippen LogP contribution in [0.2, 0.25) is 5.15 Å². The van der Waals surface area contributed by atoms with E-state index in [1.54, 1.807) is 16.8 Å². The molecule has 2 aromatic carbocycles. The third kappa shape index (κ3) is 4.00. The number of carbonyl (C=O) groups excluding carboxylic acids is 1. The van der Waals surface area contributed by atoms with Crippen molar-refractivity contribution in [3.63, 3.8) is 0 Å². The average molecular weight is 357 g/mol. The van der Waals surface area contributed by atoms with Gasteiger partial charge in [-0.25, -0.2) is 9.48 Å². The highest BCUT2D eigenvalue weighted by Crippen LogP contribution is 2.22. The minimum atomic E-state index is -0.526. The number of carbonyl (C=O) groups is 1. The molecule has 0 fully saturated rings. The second kappa shape index (κ2) is 7.40. The molecule has 1 N–H and O–H groups in total. The first kappa shape index (κ1) is 17.0. The molecule has 0 aliphatic carbocycles. The number of aryl methyl sites for hydroxylation is 1. The number of aromatic hydroxyl groups is 1. The van der Waals surface area contributed by atoms with Crippen molar-refractivity contribution in [2.45, 2.75) is 20.1 Å². The molecule has 25 heavy (non-hydrogen) atoms. The molecule has 1 heterocycles. The number of esters is 1. The van der Waals surface area contributed by atoms with Crippen molar-refractivity contribution in [1.82, 2.24) is 9.78 Å². The summed E-state index contributed by atoms with van der Waals surface area (Å²) >= 11 is 6.40. The second-order valence-electron chi connectivity index (χ2n) is 5.62. The standard InChI is InChI=1S/C19H17ClN2O3/c1-13-17(12-25-19(24)15-8-5-9-16(23)10-15)18(20)22(21-13)11-14-6-3-2-4-7-14/h2-10,23H,11-12H2,1H3. The van der Waals surface area contributed by atoms with E-state index in [4.69, 9.17) is 16.3 Å². The minimum absolute atomic E-state index is 0.0133. The lowest BCUT2D eigenvalue weighted by molar-refractivity contribution is 0.0472. The molecule has 128 valence electrons. The second-order valence-corrected chi connectivity index (χ2v) is 5.98. The van der Waals surface area contributed by atoms with Gasteiger partial charge in [0, 0.05) is 5.56 Å². The summed E-state index contributed by atoms with van der Waals surface area (Å²) in [5.74, 6) is -0.512. The van der Waals surface area contributed by atoms with Crippen molar-refractivity contribution < 1.29 is 14.6 Å². The SMILES string of the molecule is Cc1nn(Cc2ccccc2)c(Cl)c1COC(=O)c1cccc(O)c1. The van der Waals surface area contributed by atoms with Gasteiger partial charge in [-0.1, -0.05) is 48.0 Å². The van der Waals surface area contributed by atoms with Crippen LogP contribution in [0, 0.1) is 6.92 Å². The number of aromatic nitrogens is 2. The van der Waals surface area contributed by atoms with Crippen LogP contribution in [0.4, 0.5) is 0 Å². The lowest BCUT2D eigenvalue weighted by Gasteiger charge is -2.06. The normalized spacial score (nSPS) is 10.6. The molecule has 0 spiro atoms. The molecule has 1 aromatic heterocycles. The van der Waals surface area contributed by atoms with Gasteiger partial charge in [-0.3, -0.25) is 0 Å². The largest absolute Gasteiger partial charge is 0.508 e. The van der Waals surface area contributed by atoms with E-state index in [1.165, 1.54) is 12.1 Å². The molecule has 6 heteroatoms. The lowest BCUT2D eigenvalue weighted by Crippen LogP contribution is -2.06. The average Bonchev–Trinajstić information content (AvgIpc) is 2.87. The van der Waals surface area contributed by atoms with Gasteiger partial charge in [0.15, 0.2) is 0 Å². The Balaban J connectivity index is 1.72. The van der Waals surface area contributed by atoms with Crippen molar-refractivity contribution in [2.75, 3.05) is 0 Å². The van der Waals surface area contributed by atoms with Gasteiger partial charge in [0.2, 0.25) is 0 Å². The summed E-state index contributed by atoms with van der Waals surface area (Å²) in [7, 11) is 0. The highest BCUT2D eigenvalue weighted by atomic mass is 35.5. The number of phenolic OH excluding ortho intramolecular Hbond substituents is 1. The molecule has 0 bridgehead atoms. The summed E-state index contributed by atoms with van der Waals surface area (Å²) in [6, 6.07) is 15.9. The fourth-order valence-electron chi connectivity index (χ4n) is 2.47. The Morgan fingerprint density at radius 1 is 1.20 bits per heavy atom. The van der Waals surface area contributed by atoms with Crippen molar-refractivity contribution in [3.05, 3.63) is 82.1 Å². The number of rotatable bonds is 5. The van der Waals surface area contributed by atoms with Crippen LogP contribution in [0.1, 0.15) is 27.2 Å². The van der Waals surface area contributed by atoms with Crippen LogP contribution in [0.25, 0.3) is 0 Å². The maximum Gasteiger partial charge on any atom is 0.338 e. The molecule has 0 unspecified atom stereocenters. The van der Waals surface area contributed by atoms with E-state index in [9.17, 15) is 9.90 Å². The zero-order valence-electron chi connectivity index (χ0n) is 13.6. The van der Waals surface area contributed by atoms with Gasteiger partial charge in [-0.05, 0) is 30.7 Å². The summed E-state index contributed by atoms with van der Waals surface area (Å²) in [5, 5.41) is 14.3. The molecule has 3 aromatic rings. The molecule has 0 radical (unpaired) electrons. The lowest BCUT2D eigenvalue weighted by atomic mass is 10.2. The zero-order valence-corrected chi connectivity index (χ0v) is 14.4. The van der Waals surface area contributed by atoms with Crippen LogP contribution in [-0.2, 0) is 17.9 Å². The van der Waals surface area contributed by atoms with Crippen LogP contribution in [0.15, 0.2) is 54.6 Å². The molecule has 0 saturated heterocycles. The number of nitrogens with zero attached hydrogens (tertiary/aromatic N) is 2. The van der Waals surface area contributed by atoms with E-state index in [2.05, 4.69) is 5.10 Å². The van der Waals surface area contributed by atoms with Gasteiger partial charge in [-0.15, -0.1) is 0 Å². The fraction of sp³-hybridized carbons (Fsp3) is 0.158. The summed E-state index contributed by atoms with van der Waals surface area (Å²) < 4.78 is 6.99. The van der Waals surface area contributed by atoms with E-state index in [0.717, 1.165) is 5.56 Å². The molecule has 0 atom stereocenters. The Morgan fingerprint density at radius 2 is 1.96 bits per heavy atom. The van der Waals surface area contributed by atoms with E-state index in [0.29, 0.717) is 23.0 Å². The first-order valence-corrected chi connectivity index (χ1v) is 8.14. The fourth-order valence-corrected chi connectivity index (χ4v) is 2.76. The molecular formula is C19H17ClN2O3. The van der Waals surface area contributed by atoms with Gasteiger partial charge in [0.25, 0.3) is 0 Å². The third-order valence-corrected chi connectivity index (χ3v) is 4.21. The molecule has 0 aliphatic rings. The van der Waals surface area contributed by atoms with Crippen LogP contribution in [-0.4, -0.2) is 20.9 Å². The van der Waals surface area contributed by atoms with Crippen LogP contribution in [0.5, 0.6) is 5.75 Å². The summed E-state index contributed by atoms with van der Waals surface area (Å²) in [6.07, 6.45) is 0. The first-order valence-electron chi connectivity index (χ1n) is 7.76. The van der Waals surface area contributed by atoms with E-state index in [1.807, 2.05) is 37.3 Å². The predicted octanol–water partition coefficient (Wildman–Crippen LogP) is 3.96. The highest BCUT2D eigenvalue weighted by molar-refractivity contribution is 6.30. The van der Waals surface area contributed by atoms with Crippen molar-refractivity contribution in [1.29, 1.82) is 0 Å². The molecule has 0 saturated carbocycles. The molecule has 0 amide bonds. The number of hydrogen-bond donors (Lipinski definition) is 1. The van der Waals surface area contributed by atoms with Crippen LogP contribution in [0.3, 0.4) is 0 Å². The van der Waals surface area contributed by atoms with Gasteiger partial charge in [0.1, 0.15) is 17.5 Å². The van der Waals surface area contributed by atoms with Crippen molar-refractivity contribution >= 4 is 17.6 Å². The number of hydrogen-bond acceptors (Lipinski definition) is 4. The Bertz CT molecular complexity index is 891. The summed E-state index contributed by atoms with van der Waals surface area (Å²) in [6.45, 7) is 2.39. The maximum absolute atomic E-state index is 12.1. The number of halogens is 1.